The van der Waals surface area contributed by atoms with E-state index in [-0.39, 0.29) is 24.4 Å². The van der Waals surface area contributed by atoms with Crippen molar-refractivity contribution in [1.29, 1.82) is 0 Å². The van der Waals surface area contributed by atoms with Gasteiger partial charge in [-0.2, -0.15) is 0 Å². The minimum Gasteiger partial charge on any atom is -0.352 e. The van der Waals surface area contributed by atoms with Gasteiger partial charge in [-0.15, -0.1) is 11.3 Å². The molecule has 0 spiro atoms. The van der Waals surface area contributed by atoms with E-state index in [1.807, 2.05) is 18.4 Å². The molecule has 0 aliphatic rings. The van der Waals surface area contributed by atoms with Crippen molar-refractivity contribution >= 4 is 28.8 Å². The van der Waals surface area contributed by atoms with Crippen LogP contribution >= 0.6 is 11.3 Å². The zero-order chi connectivity index (χ0) is 21.3. The zero-order valence-electron chi connectivity index (χ0n) is 17.3. The molecule has 0 aliphatic heterocycles. The highest BCUT2D eigenvalue weighted by Crippen LogP contribution is 2.26. The molecule has 156 valence electrons. The number of carbonyl (C=O) groups excluding carboxylic acids is 2. The molecule has 3 rings (SSSR count). The van der Waals surface area contributed by atoms with Gasteiger partial charge in [0.25, 0.3) is 5.91 Å². The van der Waals surface area contributed by atoms with Gasteiger partial charge in [0.1, 0.15) is 0 Å². The average Bonchev–Trinajstić information content (AvgIpc) is 3.29. The summed E-state index contributed by atoms with van der Waals surface area (Å²) in [4.78, 5) is 25.7. The smallest absolute Gasteiger partial charge is 0.251 e. The second kappa shape index (κ2) is 10.7. The monoisotopic (exact) mass is 421 g/mol. The lowest BCUT2D eigenvalue weighted by Gasteiger charge is -2.18. The van der Waals surface area contributed by atoms with Gasteiger partial charge in [-0.25, -0.2) is 0 Å². The maximum Gasteiger partial charge on any atom is 0.251 e. The summed E-state index contributed by atoms with van der Waals surface area (Å²) in [5.41, 5.74) is 3.54. The summed E-state index contributed by atoms with van der Waals surface area (Å²) in [7, 11) is 0. The lowest BCUT2D eigenvalue weighted by Crippen LogP contribution is -2.31. The summed E-state index contributed by atoms with van der Waals surface area (Å²) in [6, 6.07) is 19.5. The highest BCUT2D eigenvalue weighted by molar-refractivity contribution is 7.10. The molecule has 6 heteroatoms. The number of rotatable bonds is 9. The molecular formula is C24H27N3O2S. The van der Waals surface area contributed by atoms with E-state index in [9.17, 15) is 9.59 Å². The van der Waals surface area contributed by atoms with Crippen molar-refractivity contribution in [1.82, 2.24) is 10.6 Å². The second-order valence-corrected chi connectivity index (χ2v) is 7.89. The Labute approximate surface area is 181 Å². The number of amides is 2. The van der Waals surface area contributed by atoms with Crippen LogP contribution in [-0.2, 0) is 11.2 Å². The first-order chi connectivity index (χ1) is 14.6. The van der Waals surface area contributed by atoms with Crippen molar-refractivity contribution in [3.05, 3.63) is 87.6 Å². The number of hydrogen-bond acceptors (Lipinski definition) is 4. The Morgan fingerprint density at radius 2 is 1.80 bits per heavy atom. The van der Waals surface area contributed by atoms with Crippen LogP contribution in [0.1, 0.15) is 46.3 Å². The SMILES string of the molecule is CCNC(=O)c1cccc(NC(=O)CN[C@@H](c2ccc(CC)cc2)c2cccs2)c1. The van der Waals surface area contributed by atoms with Crippen LogP contribution in [0.4, 0.5) is 5.69 Å². The first-order valence-corrected chi connectivity index (χ1v) is 11.0. The Balaban J connectivity index is 1.66. The van der Waals surface area contributed by atoms with E-state index in [1.165, 1.54) is 5.56 Å². The van der Waals surface area contributed by atoms with Gasteiger partial charge in [0.05, 0.1) is 12.6 Å². The van der Waals surface area contributed by atoms with E-state index >= 15 is 0 Å². The van der Waals surface area contributed by atoms with E-state index < -0.39 is 0 Å². The molecule has 30 heavy (non-hydrogen) atoms. The second-order valence-electron chi connectivity index (χ2n) is 6.91. The quantitative estimate of drug-likeness (QED) is 0.480. The van der Waals surface area contributed by atoms with E-state index in [0.29, 0.717) is 17.8 Å². The standard InChI is InChI=1S/C24H27N3O2S/c1-3-17-10-12-18(13-11-17)23(21-9-6-14-30-21)26-16-22(28)27-20-8-5-7-19(15-20)24(29)25-4-2/h5-15,23,26H,3-4,16H2,1-2H3,(H,25,29)(H,27,28)/t23-/m0/s1. The fourth-order valence-corrected chi connectivity index (χ4v) is 4.01. The van der Waals surface area contributed by atoms with Crippen molar-refractivity contribution in [2.75, 3.05) is 18.4 Å². The third kappa shape index (κ3) is 5.78. The van der Waals surface area contributed by atoms with E-state index in [2.05, 4.69) is 53.2 Å². The predicted molar refractivity (Wildman–Crippen MR) is 123 cm³/mol. The van der Waals surface area contributed by atoms with Crippen LogP contribution in [0.15, 0.2) is 66.0 Å². The molecule has 0 unspecified atom stereocenters. The van der Waals surface area contributed by atoms with Crippen molar-refractivity contribution in [3.63, 3.8) is 0 Å². The molecule has 1 heterocycles. The van der Waals surface area contributed by atoms with Gasteiger partial charge in [0.2, 0.25) is 5.91 Å². The maximum absolute atomic E-state index is 12.6. The highest BCUT2D eigenvalue weighted by atomic mass is 32.1. The number of nitrogens with one attached hydrogen (secondary N) is 3. The molecule has 2 amide bonds. The lowest BCUT2D eigenvalue weighted by atomic mass is 10.0. The molecule has 2 aromatic carbocycles. The molecule has 0 bridgehead atoms. The van der Waals surface area contributed by atoms with Gasteiger partial charge >= 0.3 is 0 Å². The Morgan fingerprint density at radius 1 is 1.00 bits per heavy atom. The van der Waals surface area contributed by atoms with Gasteiger partial charge in [-0.3, -0.25) is 14.9 Å². The Morgan fingerprint density at radius 3 is 2.47 bits per heavy atom. The van der Waals surface area contributed by atoms with Gasteiger partial charge in [0, 0.05) is 22.7 Å². The molecule has 1 aromatic heterocycles. The summed E-state index contributed by atoms with van der Waals surface area (Å²) in [5, 5.41) is 11.0. The van der Waals surface area contributed by atoms with Gasteiger partial charge in [0.15, 0.2) is 0 Å². The predicted octanol–water partition coefficient (Wildman–Crippen LogP) is 4.38. The van der Waals surface area contributed by atoms with Crippen LogP contribution in [0.3, 0.4) is 0 Å². The van der Waals surface area contributed by atoms with Crippen molar-refractivity contribution in [2.45, 2.75) is 26.3 Å². The fraction of sp³-hybridized carbons (Fsp3) is 0.250. The molecule has 0 radical (unpaired) electrons. The molecule has 0 saturated carbocycles. The summed E-state index contributed by atoms with van der Waals surface area (Å²) in [6.45, 7) is 4.72. The summed E-state index contributed by atoms with van der Waals surface area (Å²) < 4.78 is 0. The molecule has 3 aromatic rings. The Kier molecular flexibility index (Phi) is 7.76. The number of anilines is 1. The topological polar surface area (TPSA) is 70.2 Å². The van der Waals surface area contributed by atoms with Crippen LogP contribution in [-0.4, -0.2) is 24.9 Å². The normalized spacial score (nSPS) is 11.7. The van der Waals surface area contributed by atoms with Gasteiger partial charge in [-0.05, 0) is 54.1 Å². The average molecular weight is 422 g/mol. The van der Waals surface area contributed by atoms with Crippen molar-refractivity contribution in [2.24, 2.45) is 0 Å². The molecule has 0 saturated heterocycles. The van der Waals surface area contributed by atoms with Gasteiger partial charge < -0.3 is 10.6 Å². The van der Waals surface area contributed by atoms with Crippen molar-refractivity contribution < 1.29 is 9.59 Å². The van der Waals surface area contributed by atoms with Crippen LogP contribution < -0.4 is 16.0 Å². The molecule has 5 nitrogen and oxygen atoms in total. The summed E-state index contributed by atoms with van der Waals surface area (Å²) in [6.07, 6.45) is 0.995. The molecular weight excluding hydrogens is 394 g/mol. The first kappa shape index (κ1) is 21.7. The zero-order valence-corrected chi connectivity index (χ0v) is 18.1. The maximum atomic E-state index is 12.6. The summed E-state index contributed by atoms with van der Waals surface area (Å²) in [5.74, 6) is -0.310. The summed E-state index contributed by atoms with van der Waals surface area (Å²) >= 11 is 1.66. The van der Waals surface area contributed by atoms with Crippen LogP contribution in [0.25, 0.3) is 0 Å². The number of benzene rings is 2. The highest BCUT2D eigenvalue weighted by Gasteiger charge is 2.16. The molecule has 0 aliphatic carbocycles. The minimum absolute atomic E-state index is 0.0525. The number of aryl methyl sites for hydroxylation is 1. The minimum atomic E-state index is -0.158. The van der Waals surface area contributed by atoms with Crippen molar-refractivity contribution in [3.8, 4) is 0 Å². The Bertz CT molecular complexity index is 968. The third-order valence-electron chi connectivity index (χ3n) is 4.76. The van der Waals surface area contributed by atoms with E-state index in [0.717, 1.165) is 16.9 Å². The number of hydrogen-bond donors (Lipinski definition) is 3. The third-order valence-corrected chi connectivity index (χ3v) is 5.70. The molecule has 0 fully saturated rings. The van der Waals surface area contributed by atoms with E-state index in [4.69, 9.17) is 0 Å². The fourth-order valence-electron chi connectivity index (χ4n) is 3.18. The first-order valence-electron chi connectivity index (χ1n) is 10.1. The largest absolute Gasteiger partial charge is 0.352 e. The van der Waals surface area contributed by atoms with Crippen LogP contribution in [0.5, 0.6) is 0 Å². The molecule has 1 atom stereocenters. The molecule has 3 N–H and O–H groups in total. The number of thiophene rings is 1. The number of carbonyl (C=O) groups is 2. The van der Waals surface area contributed by atoms with E-state index in [1.54, 1.807) is 35.6 Å². The van der Waals surface area contributed by atoms with Crippen LogP contribution in [0.2, 0.25) is 0 Å². The Hall–Kier alpha value is -2.96. The van der Waals surface area contributed by atoms with Crippen LogP contribution in [0, 0.1) is 0 Å². The lowest BCUT2D eigenvalue weighted by molar-refractivity contribution is -0.115. The van der Waals surface area contributed by atoms with Gasteiger partial charge in [-0.1, -0.05) is 43.3 Å².